The van der Waals surface area contributed by atoms with Crippen LogP contribution in [0.15, 0.2) is 12.1 Å². The van der Waals surface area contributed by atoms with E-state index in [1.165, 1.54) is 0 Å². The van der Waals surface area contributed by atoms with E-state index in [0.717, 1.165) is 12.1 Å². The zero-order valence-electron chi connectivity index (χ0n) is 13.8. The SMILES string of the molecule is O=C1NC[C@@H](C(=O)N[C@@H](c2ccc(F)c(Cl)c2F)C2CC3C(C2)C3(F)F)O1. The van der Waals surface area contributed by atoms with Gasteiger partial charge >= 0.3 is 6.09 Å². The third-order valence-corrected chi connectivity index (χ3v) is 5.97. The number of alkyl carbamates (subject to hydrolysis) is 1. The number of alkyl halides is 2. The van der Waals surface area contributed by atoms with Gasteiger partial charge in [0.1, 0.15) is 16.7 Å². The van der Waals surface area contributed by atoms with Crippen LogP contribution in [0.1, 0.15) is 24.4 Å². The number of nitrogens with one attached hydrogen (secondary N) is 2. The summed E-state index contributed by atoms with van der Waals surface area (Å²) in [5, 5.41) is 4.16. The van der Waals surface area contributed by atoms with Crippen molar-refractivity contribution < 1.29 is 31.9 Å². The second-order valence-corrected chi connectivity index (χ2v) is 7.52. The quantitative estimate of drug-likeness (QED) is 0.596. The Balaban J connectivity index is 1.59. The molecule has 2 aliphatic carbocycles. The van der Waals surface area contributed by atoms with Crippen LogP contribution in [0, 0.1) is 29.4 Å². The maximum Gasteiger partial charge on any atom is 0.408 e. The number of benzene rings is 1. The summed E-state index contributed by atoms with van der Waals surface area (Å²) in [6.45, 7) is -0.0575. The molecule has 10 heteroatoms. The molecule has 3 aliphatic rings. The lowest BCUT2D eigenvalue weighted by atomic mass is 9.88. The van der Waals surface area contributed by atoms with Crippen LogP contribution in [0.25, 0.3) is 0 Å². The Hall–Kier alpha value is -2.03. The molecule has 2 unspecified atom stereocenters. The van der Waals surface area contributed by atoms with E-state index in [1.54, 1.807) is 0 Å². The fraction of sp³-hybridized carbons (Fsp3) is 0.529. The molecule has 0 aromatic heterocycles. The Morgan fingerprint density at radius 2 is 1.96 bits per heavy atom. The minimum absolute atomic E-state index is 0.0575. The second-order valence-electron chi connectivity index (χ2n) is 7.14. The third-order valence-electron chi connectivity index (χ3n) is 5.62. The highest BCUT2D eigenvalue weighted by atomic mass is 35.5. The predicted molar refractivity (Wildman–Crippen MR) is 85.2 cm³/mol. The zero-order valence-corrected chi connectivity index (χ0v) is 14.5. The van der Waals surface area contributed by atoms with Gasteiger partial charge in [-0.3, -0.25) is 4.79 Å². The lowest BCUT2D eigenvalue weighted by Crippen LogP contribution is -2.42. The number of halogens is 5. The molecule has 5 nitrogen and oxygen atoms in total. The van der Waals surface area contributed by atoms with Gasteiger partial charge in [0, 0.05) is 17.4 Å². The minimum Gasteiger partial charge on any atom is -0.434 e. The molecule has 2 amide bonds. The number of carbonyl (C=O) groups excluding carboxylic acids is 2. The maximum atomic E-state index is 14.5. The summed E-state index contributed by atoms with van der Waals surface area (Å²) in [5.74, 6) is -7.49. The molecule has 4 rings (SSSR count). The lowest BCUT2D eigenvalue weighted by molar-refractivity contribution is -0.129. The molecular formula is C17H15ClF4N2O3. The fourth-order valence-corrected chi connectivity index (χ4v) is 4.31. The van der Waals surface area contributed by atoms with Gasteiger partial charge in [-0.2, -0.15) is 0 Å². The largest absolute Gasteiger partial charge is 0.434 e. The predicted octanol–water partition coefficient (Wildman–Crippen LogP) is 3.18. The van der Waals surface area contributed by atoms with Gasteiger partial charge in [0.2, 0.25) is 0 Å². The summed E-state index contributed by atoms with van der Waals surface area (Å²) in [6, 6.07) is 1.11. The summed E-state index contributed by atoms with van der Waals surface area (Å²) >= 11 is 5.64. The zero-order chi connectivity index (χ0) is 19.5. The van der Waals surface area contributed by atoms with Crippen molar-refractivity contribution in [2.24, 2.45) is 17.8 Å². The molecule has 0 bridgehead atoms. The number of ether oxygens (including phenoxy) is 1. The monoisotopic (exact) mass is 406 g/mol. The van der Waals surface area contributed by atoms with Crippen LogP contribution in [-0.2, 0) is 9.53 Å². The van der Waals surface area contributed by atoms with Crippen molar-refractivity contribution in [2.75, 3.05) is 6.54 Å². The van der Waals surface area contributed by atoms with E-state index in [4.69, 9.17) is 16.3 Å². The highest BCUT2D eigenvalue weighted by Crippen LogP contribution is 2.67. The number of rotatable bonds is 4. The summed E-state index contributed by atoms with van der Waals surface area (Å²) in [6.07, 6.45) is -1.68. The van der Waals surface area contributed by atoms with E-state index in [-0.39, 0.29) is 24.9 Å². The molecule has 0 radical (unpaired) electrons. The van der Waals surface area contributed by atoms with Crippen molar-refractivity contribution in [3.05, 3.63) is 34.4 Å². The van der Waals surface area contributed by atoms with Gasteiger partial charge in [0.05, 0.1) is 12.6 Å². The molecular weight excluding hydrogens is 392 g/mol. The Morgan fingerprint density at radius 3 is 2.56 bits per heavy atom. The normalized spacial score (nSPS) is 31.7. The summed E-state index contributed by atoms with van der Waals surface area (Å²) in [4.78, 5) is 23.5. The highest BCUT2D eigenvalue weighted by molar-refractivity contribution is 6.31. The molecule has 1 heterocycles. The standard InChI is InChI=1S/C17H15ClF4N2O3/c18-12-10(19)2-1-7(13(12)20)14(6-3-8-9(4-6)17(8,21)22)24-15(25)11-5-23-16(26)27-11/h1-2,6,8-9,11,14H,3-5H2,(H,23,26)(H,24,25)/t6?,8?,9?,11-,14+/m0/s1. The number of carbonyl (C=O) groups is 2. The van der Waals surface area contributed by atoms with Gasteiger partial charge in [-0.25, -0.2) is 22.4 Å². The number of hydrogen-bond acceptors (Lipinski definition) is 3. The molecule has 146 valence electrons. The van der Waals surface area contributed by atoms with Crippen molar-refractivity contribution in [2.45, 2.75) is 30.9 Å². The fourth-order valence-electron chi connectivity index (χ4n) is 4.14. The number of hydrogen-bond donors (Lipinski definition) is 2. The maximum absolute atomic E-state index is 14.5. The van der Waals surface area contributed by atoms with Crippen LogP contribution in [0.3, 0.4) is 0 Å². The van der Waals surface area contributed by atoms with E-state index < -0.39 is 64.5 Å². The molecule has 3 fully saturated rings. The first-order valence-electron chi connectivity index (χ1n) is 8.46. The average molecular weight is 407 g/mol. The minimum atomic E-state index is -2.73. The molecule has 2 saturated carbocycles. The highest BCUT2D eigenvalue weighted by Gasteiger charge is 2.72. The van der Waals surface area contributed by atoms with Crippen LogP contribution in [-0.4, -0.2) is 30.6 Å². The topological polar surface area (TPSA) is 67.4 Å². The Labute approximate surface area is 156 Å². The second kappa shape index (κ2) is 6.25. The van der Waals surface area contributed by atoms with Gasteiger partial charge in [-0.15, -0.1) is 0 Å². The Kier molecular flexibility index (Phi) is 4.25. The summed E-state index contributed by atoms with van der Waals surface area (Å²) in [5.41, 5.74) is -0.0818. The van der Waals surface area contributed by atoms with Crippen LogP contribution in [0.2, 0.25) is 5.02 Å². The average Bonchev–Trinajstić information content (AvgIpc) is 3.05. The van der Waals surface area contributed by atoms with Crippen molar-refractivity contribution >= 4 is 23.6 Å². The van der Waals surface area contributed by atoms with Gasteiger partial charge in [0.15, 0.2) is 6.10 Å². The number of cyclic esters (lactones) is 1. The third kappa shape index (κ3) is 3.01. The van der Waals surface area contributed by atoms with E-state index >= 15 is 0 Å². The molecule has 1 aliphatic heterocycles. The van der Waals surface area contributed by atoms with E-state index in [9.17, 15) is 27.2 Å². The first-order valence-corrected chi connectivity index (χ1v) is 8.84. The molecule has 0 spiro atoms. The van der Waals surface area contributed by atoms with Crippen LogP contribution in [0.4, 0.5) is 22.4 Å². The number of amides is 2. The van der Waals surface area contributed by atoms with Crippen LogP contribution < -0.4 is 10.6 Å². The Bertz CT molecular complexity index is 808. The molecule has 1 aromatic carbocycles. The van der Waals surface area contributed by atoms with E-state index in [1.807, 2.05) is 0 Å². The van der Waals surface area contributed by atoms with Crippen molar-refractivity contribution in [3.8, 4) is 0 Å². The molecule has 27 heavy (non-hydrogen) atoms. The van der Waals surface area contributed by atoms with Crippen LogP contribution in [0.5, 0.6) is 0 Å². The van der Waals surface area contributed by atoms with Gasteiger partial charge in [-0.05, 0) is 24.8 Å². The van der Waals surface area contributed by atoms with Crippen molar-refractivity contribution in [3.63, 3.8) is 0 Å². The molecule has 1 saturated heterocycles. The van der Waals surface area contributed by atoms with E-state index in [2.05, 4.69) is 10.6 Å². The molecule has 1 aromatic rings. The Morgan fingerprint density at radius 1 is 1.30 bits per heavy atom. The summed E-state index contributed by atoms with van der Waals surface area (Å²) in [7, 11) is 0. The van der Waals surface area contributed by atoms with Gasteiger partial charge < -0.3 is 15.4 Å². The van der Waals surface area contributed by atoms with E-state index in [0.29, 0.717) is 0 Å². The van der Waals surface area contributed by atoms with Gasteiger partial charge in [0.25, 0.3) is 11.8 Å². The van der Waals surface area contributed by atoms with Crippen molar-refractivity contribution in [1.82, 2.24) is 10.6 Å². The number of fused-ring (bicyclic) bond motifs is 1. The smallest absolute Gasteiger partial charge is 0.408 e. The summed E-state index contributed by atoms with van der Waals surface area (Å²) < 4.78 is 59.9. The first-order chi connectivity index (χ1) is 12.7. The first kappa shape index (κ1) is 18.3. The van der Waals surface area contributed by atoms with Crippen LogP contribution >= 0.6 is 11.6 Å². The molecule has 2 N–H and O–H groups in total. The lowest BCUT2D eigenvalue weighted by Gasteiger charge is -2.28. The van der Waals surface area contributed by atoms with Gasteiger partial charge in [-0.1, -0.05) is 17.7 Å². The molecule has 4 atom stereocenters. The van der Waals surface area contributed by atoms with Crippen molar-refractivity contribution in [1.29, 1.82) is 0 Å².